The van der Waals surface area contributed by atoms with E-state index in [-0.39, 0.29) is 18.1 Å². The molecule has 2 aromatic carbocycles. The van der Waals surface area contributed by atoms with Gasteiger partial charge in [-0.2, -0.15) is 0 Å². The molecule has 0 spiro atoms. The third kappa shape index (κ3) is 4.37. The molecule has 1 amide bonds. The Morgan fingerprint density at radius 3 is 2.60 bits per heavy atom. The molecule has 2 heterocycles. The van der Waals surface area contributed by atoms with Crippen molar-refractivity contribution in [3.05, 3.63) is 64.7 Å². The summed E-state index contributed by atoms with van der Waals surface area (Å²) >= 11 is 0. The maximum absolute atomic E-state index is 12.6. The summed E-state index contributed by atoms with van der Waals surface area (Å²) in [6, 6.07) is 14.1. The lowest BCUT2D eigenvalue weighted by atomic mass is 9.83. The highest BCUT2D eigenvalue weighted by Crippen LogP contribution is 2.40. The third-order valence-electron chi connectivity index (χ3n) is 6.71. The molecule has 0 radical (unpaired) electrons. The van der Waals surface area contributed by atoms with Gasteiger partial charge in [-0.1, -0.05) is 42.5 Å². The molecular weight excluding hydrogens is 376 g/mol. The Hall–Kier alpha value is -2.37. The zero-order valence-corrected chi connectivity index (χ0v) is 17.7. The fraction of sp³-hybridized carbons (Fsp3) is 0.480. The highest BCUT2D eigenvalue weighted by atomic mass is 16.5. The van der Waals surface area contributed by atoms with Gasteiger partial charge in [-0.15, -0.1) is 0 Å². The molecule has 2 unspecified atom stereocenters. The summed E-state index contributed by atoms with van der Waals surface area (Å²) < 4.78 is 6.36. The Labute approximate surface area is 178 Å². The number of rotatable bonds is 5. The van der Waals surface area contributed by atoms with Gasteiger partial charge < -0.3 is 20.5 Å². The molecule has 4 rings (SSSR count). The number of carbonyl (C=O) groups excluding carboxylic acids is 1. The molecule has 1 fully saturated rings. The van der Waals surface area contributed by atoms with E-state index >= 15 is 0 Å². The lowest BCUT2D eigenvalue weighted by molar-refractivity contribution is -0.134. The molecule has 30 heavy (non-hydrogen) atoms. The van der Waals surface area contributed by atoms with Crippen LogP contribution in [-0.2, 0) is 22.4 Å². The Bertz CT molecular complexity index is 875. The van der Waals surface area contributed by atoms with E-state index in [1.165, 1.54) is 5.56 Å². The van der Waals surface area contributed by atoms with Gasteiger partial charge in [-0.05, 0) is 48.8 Å². The van der Waals surface area contributed by atoms with E-state index in [1.807, 2.05) is 42.2 Å². The Balaban J connectivity index is 1.35. The molecule has 2 atom stereocenters. The zero-order chi connectivity index (χ0) is 21.1. The summed E-state index contributed by atoms with van der Waals surface area (Å²) in [6.45, 7) is 3.89. The summed E-state index contributed by atoms with van der Waals surface area (Å²) in [5.74, 6) is 0.998. The van der Waals surface area contributed by atoms with Gasteiger partial charge in [-0.3, -0.25) is 4.79 Å². The number of phenols is 1. The standard InChI is InChI=1S/C25H32N2O3/c1-17-7-9-20-21(25(17)29)15-22(30-23(20)16-26)19-11-13-27(14-12-19)24(28)10-8-18-5-3-2-4-6-18/h2-7,9,19,22-23,29H,8,10-16,26H2,1H3. The molecule has 2 aliphatic rings. The Kier molecular flexibility index (Phi) is 6.40. The fourth-order valence-electron chi connectivity index (χ4n) is 4.85. The van der Waals surface area contributed by atoms with E-state index < -0.39 is 0 Å². The second-order valence-electron chi connectivity index (χ2n) is 8.61. The van der Waals surface area contributed by atoms with Crippen molar-refractivity contribution in [3.63, 3.8) is 0 Å². The number of benzene rings is 2. The molecule has 0 aliphatic carbocycles. The highest BCUT2D eigenvalue weighted by molar-refractivity contribution is 5.76. The average Bonchev–Trinajstić information content (AvgIpc) is 2.80. The monoisotopic (exact) mass is 408 g/mol. The van der Waals surface area contributed by atoms with Gasteiger partial charge in [0.15, 0.2) is 0 Å². The number of piperidine rings is 1. The van der Waals surface area contributed by atoms with Crippen molar-refractivity contribution in [1.82, 2.24) is 4.90 Å². The Morgan fingerprint density at radius 2 is 1.90 bits per heavy atom. The molecule has 5 nitrogen and oxygen atoms in total. The SMILES string of the molecule is Cc1ccc2c(c1O)CC(C1CCN(C(=O)CCc3ccccc3)CC1)OC2CN. The third-order valence-corrected chi connectivity index (χ3v) is 6.71. The van der Waals surface area contributed by atoms with Crippen molar-refractivity contribution < 1.29 is 14.6 Å². The van der Waals surface area contributed by atoms with E-state index in [2.05, 4.69) is 12.1 Å². The number of nitrogens with two attached hydrogens (primary N) is 1. The minimum Gasteiger partial charge on any atom is -0.507 e. The van der Waals surface area contributed by atoms with Crippen LogP contribution in [0.15, 0.2) is 42.5 Å². The van der Waals surface area contributed by atoms with Crippen molar-refractivity contribution in [2.24, 2.45) is 11.7 Å². The normalized spacial score (nSPS) is 22.0. The van der Waals surface area contributed by atoms with Crippen LogP contribution >= 0.6 is 0 Å². The van der Waals surface area contributed by atoms with E-state index in [9.17, 15) is 9.90 Å². The van der Waals surface area contributed by atoms with Crippen LogP contribution in [-0.4, -0.2) is 41.7 Å². The predicted molar refractivity (Wildman–Crippen MR) is 117 cm³/mol. The Morgan fingerprint density at radius 1 is 1.17 bits per heavy atom. The number of amides is 1. The number of hydrogen-bond acceptors (Lipinski definition) is 4. The fourth-order valence-corrected chi connectivity index (χ4v) is 4.85. The van der Waals surface area contributed by atoms with Crippen LogP contribution in [0.3, 0.4) is 0 Å². The largest absolute Gasteiger partial charge is 0.507 e. The molecular formula is C25H32N2O3. The van der Waals surface area contributed by atoms with Crippen molar-refractivity contribution in [2.45, 2.75) is 51.2 Å². The van der Waals surface area contributed by atoms with Gasteiger partial charge >= 0.3 is 0 Å². The topological polar surface area (TPSA) is 75.8 Å². The summed E-state index contributed by atoms with van der Waals surface area (Å²) in [5.41, 5.74) is 10.1. The number of carbonyl (C=O) groups is 1. The number of nitrogens with zero attached hydrogens (tertiary/aromatic N) is 1. The van der Waals surface area contributed by atoms with E-state index in [1.54, 1.807) is 0 Å². The first-order valence-corrected chi connectivity index (χ1v) is 11.1. The molecule has 2 aliphatic heterocycles. The van der Waals surface area contributed by atoms with E-state index in [0.29, 0.717) is 31.1 Å². The molecule has 0 bridgehead atoms. The van der Waals surface area contributed by atoms with Crippen LogP contribution in [0.4, 0.5) is 0 Å². The second-order valence-corrected chi connectivity index (χ2v) is 8.61. The minimum atomic E-state index is -0.171. The van der Waals surface area contributed by atoms with Gasteiger partial charge in [0.1, 0.15) is 5.75 Å². The van der Waals surface area contributed by atoms with Gasteiger partial charge in [-0.25, -0.2) is 0 Å². The van der Waals surface area contributed by atoms with Crippen LogP contribution in [0, 0.1) is 12.8 Å². The van der Waals surface area contributed by atoms with E-state index in [0.717, 1.165) is 49.0 Å². The average molecular weight is 409 g/mol. The molecule has 3 N–H and O–H groups in total. The summed E-state index contributed by atoms with van der Waals surface area (Å²) in [6.07, 6.45) is 3.80. The van der Waals surface area contributed by atoms with Gasteiger partial charge in [0.25, 0.3) is 0 Å². The summed E-state index contributed by atoms with van der Waals surface area (Å²) in [4.78, 5) is 14.6. The lowest BCUT2D eigenvalue weighted by Gasteiger charge is -2.40. The van der Waals surface area contributed by atoms with Crippen LogP contribution < -0.4 is 5.73 Å². The van der Waals surface area contributed by atoms with Crippen LogP contribution in [0.5, 0.6) is 5.75 Å². The van der Waals surface area contributed by atoms with Gasteiger partial charge in [0, 0.05) is 38.0 Å². The first-order chi connectivity index (χ1) is 14.6. The first kappa shape index (κ1) is 20.9. The number of likely N-dealkylation sites (tertiary alicyclic amines) is 1. The smallest absolute Gasteiger partial charge is 0.222 e. The predicted octanol–water partition coefficient (Wildman–Crippen LogP) is 3.51. The van der Waals surface area contributed by atoms with Crippen molar-refractivity contribution in [2.75, 3.05) is 19.6 Å². The number of aromatic hydroxyl groups is 1. The van der Waals surface area contributed by atoms with E-state index in [4.69, 9.17) is 10.5 Å². The lowest BCUT2D eigenvalue weighted by Crippen LogP contribution is -2.44. The molecule has 160 valence electrons. The van der Waals surface area contributed by atoms with Crippen molar-refractivity contribution in [3.8, 4) is 5.75 Å². The number of ether oxygens (including phenoxy) is 1. The number of phenolic OH excluding ortho intramolecular Hbond substituents is 1. The maximum Gasteiger partial charge on any atom is 0.222 e. The van der Waals surface area contributed by atoms with Crippen LogP contribution in [0.25, 0.3) is 0 Å². The molecule has 2 aromatic rings. The number of aryl methyl sites for hydroxylation is 2. The first-order valence-electron chi connectivity index (χ1n) is 11.1. The van der Waals surface area contributed by atoms with Gasteiger partial charge in [0.05, 0.1) is 12.2 Å². The molecule has 1 saturated heterocycles. The summed E-state index contributed by atoms with van der Waals surface area (Å²) in [7, 11) is 0. The van der Waals surface area contributed by atoms with Gasteiger partial charge in [0.2, 0.25) is 5.91 Å². The minimum absolute atomic E-state index is 0.0420. The quantitative estimate of drug-likeness (QED) is 0.794. The van der Waals surface area contributed by atoms with Crippen molar-refractivity contribution in [1.29, 1.82) is 0 Å². The molecule has 0 aromatic heterocycles. The highest BCUT2D eigenvalue weighted by Gasteiger charge is 2.36. The molecule has 0 saturated carbocycles. The number of hydrogen-bond donors (Lipinski definition) is 2. The van der Waals surface area contributed by atoms with Crippen molar-refractivity contribution >= 4 is 5.91 Å². The zero-order valence-electron chi connectivity index (χ0n) is 17.7. The summed E-state index contributed by atoms with van der Waals surface area (Å²) in [5, 5.41) is 10.6. The number of fused-ring (bicyclic) bond motifs is 1. The maximum atomic E-state index is 12.6. The van der Waals surface area contributed by atoms with Crippen LogP contribution in [0.2, 0.25) is 0 Å². The molecule has 5 heteroatoms. The van der Waals surface area contributed by atoms with Crippen LogP contribution in [0.1, 0.15) is 47.6 Å². The second kappa shape index (κ2) is 9.19.